The van der Waals surface area contributed by atoms with E-state index in [0.29, 0.717) is 11.8 Å². The van der Waals surface area contributed by atoms with Gasteiger partial charge < -0.3 is 10.5 Å². The number of benzene rings is 1. The zero-order chi connectivity index (χ0) is 13.7. The van der Waals surface area contributed by atoms with Gasteiger partial charge in [-0.05, 0) is 26.0 Å². The Kier molecular flexibility index (Phi) is 4.42. The van der Waals surface area contributed by atoms with Gasteiger partial charge in [-0.15, -0.1) is 0 Å². The van der Waals surface area contributed by atoms with Crippen LogP contribution in [0.4, 0.5) is 4.79 Å². The van der Waals surface area contributed by atoms with Crippen LogP contribution in [-0.2, 0) is 4.79 Å². The van der Waals surface area contributed by atoms with Crippen molar-refractivity contribution in [3.63, 3.8) is 0 Å². The number of hydrogen-bond acceptors (Lipinski definition) is 4. The van der Waals surface area contributed by atoms with Crippen LogP contribution < -0.4 is 15.8 Å². The van der Waals surface area contributed by atoms with Crippen molar-refractivity contribution in [3.8, 4) is 5.75 Å². The van der Waals surface area contributed by atoms with Crippen molar-refractivity contribution < 1.29 is 19.1 Å². The number of hydrogen-bond donors (Lipinski definition) is 2. The number of nitrogens with two attached hydrogens (primary N) is 1. The number of nitrogens with one attached hydrogen (secondary N) is 1. The van der Waals surface area contributed by atoms with Crippen molar-refractivity contribution >= 4 is 18.2 Å². The lowest BCUT2D eigenvalue weighted by atomic mass is 10.1. The molecule has 0 spiro atoms. The predicted octanol–water partition coefficient (Wildman–Crippen LogP) is 0.770. The van der Waals surface area contributed by atoms with Crippen LogP contribution in [0.2, 0.25) is 0 Å². The van der Waals surface area contributed by atoms with E-state index in [1.807, 2.05) is 12.2 Å². The third kappa shape index (κ3) is 3.58. The van der Waals surface area contributed by atoms with Gasteiger partial charge in [0.25, 0.3) is 5.91 Å². The van der Waals surface area contributed by atoms with Crippen LogP contribution in [0.15, 0.2) is 18.2 Å². The predicted molar refractivity (Wildman–Crippen MR) is 64.4 cm³/mol. The highest BCUT2D eigenvalue weighted by Gasteiger charge is 2.17. The maximum atomic E-state index is 11.4. The van der Waals surface area contributed by atoms with Crippen LogP contribution in [0.3, 0.4) is 0 Å². The Bertz CT molecular complexity index is 485. The van der Waals surface area contributed by atoms with Crippen LogP contribution in [0.5, 0.6) is 5.75 Å². The minimum Gasteiger partial charge on any atom is -0.480 e. The molecule has 0 heterocycles. The lowest BCUT2D eigenvalue weighted by molar-refractivity contribution is -0.126. The largest absolute Gasteiger partial charge is 0.480 e. The fourth-order valence-corrected chi connectivity index (χ4v) is 1.33. The zero-order valence-electron chi connectivity index (χ0n) is 10.1. The van der Waals surface area contributed by atoms with Crippen LogP contribution >= 0.6 is 0 Å². The molecule has 6 heteroatoms. The van der Waals surface area contributed by atoms with Crippen molar-refractivity contribution in [1.29, 1.82) is 0 Å². The van der Waals surface area contributed by atoms with Crippen molar-refractivity contribution in [2.45, 2.75) is 20.0 Å². The summed E-state index contributed by atoms with van der Waals surface area (Å²) in [5.74, 6) is -0.386. The van der Waals surface area contributed by atoms with Crippen molar-refractivity contribution in [2.75, 3.05) is 0 Å². The summed E-state index contributed by atoms with van der Waals surface area (Å²) >= 11 is 0. The average molecular weight is 250 g/mol. The molecule has 0 aliphatic carbocycles. The van der Waals surface area contributed by atoms with Gasteiger partial charge in [-0.3, -0.25) is 14.9 Å². The number of carbonyl (C=O) groups is 3. The van der Waals surface area contributed by atoms with Gasteiger partial charge in [0, 0.05) is 0 Å². The van der Waals surface area contributed by atoms with E-state index in [0.717, 1.165) is 5.56 Å². The van der Waals surface area contributed by atoms with Crippen molar-refractivity contribution in [1.82, 2.24) is 5.32 Å². The minimum absolute atomic E-state index is 0.280. The number of ether oxygens (including phenoxy) is 1. The molecule has 3 N–H and O–H groups in total. The topological polar surface area (TPSA) is 98.5 Å². The summed E-state index contributed by atoms with van der Waals surface area (Å²) in [5.41, 5.74) is 6.06. The number of imide groups is 1. The molecule has 1 atom stereocenters. The van der Waals surface area contributed by atoms with Crippen LogP contribution in [-0.4, -0.2) is 24.3 Å². The van der Waals surface area contributed by atoms with Crippen LogP contribution in [0.25, 0.3) is 0 Å². The van der Waals surface area contributed by atoms with Gasteiger partial charge in [0.1, 0.15) is 5.75 Å². The Balaban J connectivity index is 2.81. The Hall–Kier alpha value is -2.37. The molecule has 18 heavy (non-hydrogen) atoms. The molecule has 0 aliphatic rings. The van der Waals surface area contributed by atoms with Gasteiger partial charge >= 0.3 is 6.03 Å². The molecule has 1 unspecified atom stereocenters. The van der Waals surface area contributed by atoms with E-state index in [2.05, 4.69) is 0 Å². The third-order valence-electron chi connectivity index (χ3n) is 2.21. The first-order chi connectivity index (χ1) is 8.43. The van der Waals surface area contributed by atoms with Crippen molar-refractivity contribution in [3.05, 3.63) is 29.3 Å². The van der Waals surface area contributed by atoms with Gasteiger partial charge in [-0.1, -0.05) is 11.6 Å². The van der Waals surface area contributed by atoms with Gasteiger partial charge in [-0.25, -0.2) is 4.79 Å². The molecular weight excluding hydrogens is 236 g/mol. The van der Waals surface area contributed by atoms with Crippen LogP contribution in [0.1, 0.15) is 22.8 Å². The lowest BCUT2D eigenvalue weighted by Gasteiger charge is -2.15. The first kappa shape index (κ1) is 13.7. The molecule has 96 valence electrons. The van der Waals surface area contributed by atoms with Crippen LogP contribution in [0, 0.1) is 6.92 Å². The molecule has 0 bridgehead atoms. The molecular formula is C12H14N2O4. The molecule has 3 amide bonds. The summed E-state index contributed by atoms with van der Waals surface area (Å²) in [7, 11) is 0. The Morgan fingerprint density at radius 2 is 2.11 bits per heavy atom. The van der Waals surface area contributed by atoms with Gasteiger partial charge in [0.15, 0.2) is 12.4 Å². The Morgan fingerprint density at radius 3 is 2.67 bits per heavy atom. The lowest BCUT2D eigenvalue weighted by Crippen LogP contribution is -2.42. The summed E-state index contributed by atoms with van der Waals surface area (Å²) < 4.78 is 5.30. The second kappa shape index (κ2) is 5.81. The summed E-state index contributed by atoms with van der Waals surface area (Å²) in [6.45, 7) is 3.28. The van der Waals surface area contributed by atoms with E-state index in [9.17, 15) is 14.4 Å². The van der Waals surface area contributed by atoms with Gasteiger partial charge in [-0.2, -0.15) is 0 Å². The monoisotopic (exact) mass is 250 g/mol. The van der Waals surface area contributed by atoms with E-state index < -0.39 is 18.0 Å². The highest BCUT2D eigenvalue weighted by Crippen LogP contribution is 2.19. The molecule has 0 aromatic heterocycles. The standard InChI is InChI=1S/C12H14N2O4/c1-7-3-4-10(9(5-7)6-15)18-8(2)11(16)14-12(13)17/h3-6,8H,1-2H3,(H3,13,14,16,17). The normalized spacial score (nSPS) is 11.4. The molecule has 1 aromatic rings. The smallest absolute Gasteiger partial charge is 0.318 e. The number of primary amides is 1. The molecule has 1 rings (SSSR count). The van der Waals surface area contributed by atoms with Crippen molar-refractivity contribution in [2.24, 2.45) is 5.73 Å². The molecule has 0 aliphatic heterocycles. The van der Waals surface area contributed by atoms with Gasteiger partial charge in [0.05, 0.1) is 5.56 Å². The quantitative estimate of drug-likeness (QED) is 0.771. The first-order valence-electron chi connectivity index (χ1n) is 5.27. The second-order valence-corrected chi connectivity index (χ2v) is 3.77. The number of carbonyl (C=O) groups excluding carboxylic acids is 3. The fraction of sp³-hybridized carbons (Fsp3) is 0.250. The highest BCUT2D eigenvalue weighted by atomic mass is 16.5. The van der Waals surface area contributed by atoms with E-state index in [-0.39, 0.29) is 5.75 Å². The van der Waals surface area contributed by atoms with E-state index in [1.165, 1.54) is 6.92 Å². The zero-order valence-corrected chi connectivity index (χ0v) is 10.1. The molecule has 0 fully saturated rings. The van der Waals surface area contributed by atoms with E-state index >= 15 is 0 Å². The van der Waals surface area contributed by atoms with E-state index in [4.69, 9.17) is 10.5 Å². The van der Waals surface area contributed by atoms with E-state index in [1.54, 1.807) is 18.2 Å². The third-order valence-corrected chi connectivity index (χ3v) is 2.21. The summed E-state index contributed by atoms with van der Waals surface area (Å²) in [4.78, 5) is 32.8. The highest BCUT2D eigenvalue weighted by molar-refractivity contribution is 5.95. The summed E-state index contributed by atoms with van der Waals surface area (Å²) in [6.07, 6.45) is -0.292. The number of amides is 3. The minimum atomic E-state index is -0.949. The second-order valence-electron chi connectivity index (χ2n) is 3.77. The maximum absolute atomic E-state index is 11.4. The molecule has 6 nitrogen and oxygen atoms in total. The van der Waals surface area contributed by atoms with Gasteiger partial charge in [0.2, 0.25) is 0 Å². The number of rotatable bonds is 4. The summed E-state index contributed by atoms with van der Waals surface area (Å²) in [5, 5.41) is 1.90. The Labute approximate surface area is 104 Å². The molecule has 1 aromatic carbocycles. The number of aryl methyl sites for hydroxylation is 1. The summed E-state index contributed by atoms with van der Waals surface area (Å²) in [6, 6.07) is 4.03. The average Bonchev–Trinajstić information content (AvgIpc) is 2.30. The molecule has 0 radical (unpaired) electrons. The number of urea groups is 1. The maximum Gasteiger partial charge on any atom is 0.318 e. The fourth-order valence-electron chi connectivity index (χ4n) is 1.33. The molecule has 0 saturated carbocycles. The molecule has 0 saturated heterocycles. The first-order valence-corrected chi connectivity index (χ1v) is 5.27. The number of aldehydes is 1. The SMILES string of the molecule is Cc1ccc(OC(C)C(=O)NC(N)=O)c(C=O)c1. The Morgan fingerprint density at radius 1 is 1.44 bits per heavy atom.